The van der Waals surface area contributed by atoms with Gasteiger partial charge in [-0.25, -0.2) is 0 Å². The number of anilines is 1. The molecule has 1 unspecified atom stereocenters. The van der Waals surface area contributed by atoms with Gasteiger partial charge in [0.1, 0.15) is 0 Å². The van der Waals surface area contributed by atoms with E-state index in [2.05, 4.69) is 22.3 Å². The molecule has 17 heavy (non-hydrogen) atoms. The van der Waals surface area contributed by atoms with Gasteiger partial charge in [-0.05, 0) is 12.6 Å². The van der Waals surface area contributed by atoms with Gasteiger partial charge in [-0.1, -0.05) is 6.92 Å². The van der Waals surface area contributed by atoms with E-state index < -0.39 is 0 Å². The molecule has 0 saturated heterocycles. The Morgan fingerprint density at radius 2 is 2.29 bits per heavy atom. The van der Waals surface area contributed by atoms with Gasteiger partial charge in [-0.2, -0.15) is 5.10 Å². The second kappa shape index (κ2) is 4.97. The van der Waals surface area contributed by atoms with E-state index in [1.807, 2.05) is 25.5 Å². The zero-order valence-corrected chi connectivity index (χ0v) is 10.1. The van der Waals surface area contributed by atoms with Crippen LogP contribution in [0.25, 0.3) is 0 Å². The average Bonchev–Trinajstić information content (AvgIpc) is 2.74. The van der Waals surface area contributed by atoms with Crippen molar-refractivity contribution < 1.29 is 0 Å². The van der Waals surface area contributed by atoms with E-state index >= 15 is 0 Å². The van der Waals surface area contributed by atoms with E-state index in [-0.39, 0.29) is 6.04 Å². The summed E-state index contributed by atoms with van der Waals surface area (Å²) in [6.07, 6.45) is 7.33. The van der Waals surface area contributed by atoms with Crippen molar-refractivity contribution in [1.29, 1.82) is 0 Å². The first kappa shape index (κ1) is 11.6. The SMILES string of the molecule is CCNC(c1cnn(C)c1)c1cnccc1N. The maximum Gasteiger partial charge on any atom is 0.0643 e. The number of hydrogen-bond acceptors (Lipinski definition) is 4. The van der Waals surface area contributed by atoms with Gasteiger partial charge in [0.05, 0.1) is 12.2 Å². The molecule has 0 saturated carbocycles. The highest BCUT2D eigenvalue weighted by Crippen LogP contribution is 2.25. The molecular formula is C12H17N5. The summed E-state index contributed by atoms with van der Waals surface area (Å²) in [5.74, 6) is 0. The lowest BCUT2D eigenvalue weighted by Gasteiger charge is -2.18. The van der Waals surface area contributed by atoms with Gasteiger partial charge in [0.15, 0.2) is 0 Å². The van der Waals surface area contributed by atoms with Crippen molar-refractivity contribution in [2.45, 2.75) is 13.0 Å². The first-order valence-electron chi connectivity index (χ1n) is 5.63. The minimum Gasteiger partial charge on any atom is -0.398 e. The summed E-state index contributed by atoms with van der Waals surface area (Å²) in [4.78, 5) is 4.13. The van der Waals surface area contributed by atoms with Gasteiger partial charge in [0, 0.05) is 42.5 Å². The number of aromatic nitrogens is 3. The predicted molar refractivity (Wildman–Crippen MR) is 67.4 cm³/mol. The summed E-state index contributed by atoms with van der Waals surface area (Å²) in [6, 6.07) is 1.86. The number of nitrogens with one attached hydrogen (secondary N) is 1. The van der Waals surface area contributed by atoms with Crippen LogP contribution in [0.5, 0.6) is 0 Å². The van der Waals surface area contributed by atoms with Crippen LogP contribution in [0, 0.1) is 0 Å². The number of nitrogens with zero attached hydrogens (tertiary/aromatic N) is 3. The molecule has 0 amide bonds. The smallest absolute Gasteiger partial charge is 0.0643 e. The molecule has 0 aliphatic carbocycles. The number of pyridine rings is 1. The Morgan fingerprint density at radius 1 is 1.47 bits per heavy atom. The quantitative estimate of drug-likeness (QED) is 0.826. The van der Waals surface area contributed by atoms with Gasteiger partial charge >= 0.3 is 0 Å². The lowest BCUT2D eigenvalue weighted by atomic mass is 10.0. The van der Waals surface area contributed by atoms with Crippen molar-refractivity contribution in [2.24, 2.45) is 7.05 Å². The van der Waals surface area contributed by atoms with E-state index in [0.717, 1.165) is 23.4 Å². The molecule has 0 aliphatic heterocycles. The Kier molecular flexibility index (Phi) is 3.39. The fourth-order valence-corrected chi connectivity index (χ4v) is 1.86. The van der Waals surface area contributed by atoms with Gasteiger partial charge < -0.3 is 11.1 Å². The number of nitrogens with two attached hydrogens (primary N) is 1. The Labute approximate surface area is 101 Å². The van der Waals surface area contributed by atoms with E-state index in [4.69, 9.17) is 5.73 Å². The molecule has 5 nitrogen and oxygen atoms in total. The fraction of sp³-hybridized carbons (Fsp3) is 0.333. The molecule has 90 valence electrons. The fourth-order valence-electron chi connectivity index (χ4n) is 1.86. The topological polar surface area (TPSA) is 68.8 Å². The second-order valence-corrected chi connectivity index (χ2v) is 3.94. The van der Waals surface area contributed by atoms with E-state index in [0.29, 0.717) is 0 Å². The third-order valence-corrected chi connectivity index (χ3v) is 2.66. The number of aryl methyl sites for hydroxylation is 1. The van der Waals surface area contributed by atoms with Crippen LogP contribution in [0.2, 0.25) is 0 Å². The molecule has 3 N–H and O–H groups in total. The summed E-state index contributed by atoms with van der Waals surface area (Å²) in [5.41, 5.74) is 8.81. The first-order valence-corrected chi connectivity index (χ1v) is 5.63. The van der Waals surface area contributed by atoms with Crippen molar-refractivity contribution in [2.75, 3.05) is 12.3 Å². The van der Waals surface area contributed by atoms with Crippen molar-refractivity contribution in [3.8, 4) is 0 Å². The number of hydrogen-bond donors (Lipinski definition) is 2. The minimum absolute atomic E-state index is 0.0439. The van der Waals surface area contributed by atoms with Crippen LogP contribution >= 0.6 is 0 Å². The molecule has 0 aliphatic rings. The molecule has 0 bridgehead atoms. The summed E-state index contributed by atoms with van der Waals surface area (Å²) in [7, 11) is 1.90. The average molecular weight is 231 g/mol. The number of rotatable bonds is 4. The van der Waals surface area contributed by atoms with Crippen LogP contribution in [0.1, 0.15) is 24.1 Å². The minimum atomic E-state index is 0.0439. The predicted octanol–water partition coefficient (Wildman–Crippen LogP) is 1.10. The van der Waals surface area contributed by atoms with Crippen LogP contribution in [0.4, 0.5) is 5.69 Å². The molecule has 0 radical (unpaired) electrons. The highest BCUT2D eigenvalue weighted by Gasteiger charge is 2.17. The Balaban J connectivity index is 2.39. The van der Waals surface area contributed by atoms with Crippen LogP contribution in [0.15, 0.2) is 30.9 Å². The highest BCUT2D eigenvalue weighted by molar-refractivity contribution is 5.49. The van der Waals surface area contributed by atoms with Crippen LogP contribution < -0.4 is 11.1 Å². The third-order valence-electron chi connectivity index (χ3n) is 2.66. The molecule has 0 fully saturated rings. The van der Waals surface area contributed by atoms with Crippen molar-refractivity contribution in [1.82, 2.24) is 20.1 Å². The molecule has 2 heterocycles. The van der Waals surface area contributed by atoms with Gasteiger partial charge in [-0.3, -0.25) is 9.67 Å². The third kappa shape index (κ3) is 2.45. The molecule has 5 heteroatoms. The summed E-state index contributed by atoms with van der Waals surface area (Å²) in [6.45, 7) is 2.92. The lowest BCUT2D eigenvalue weighted by Crippen LogP contribution is -2.22. The summed E-state index contributed by atoms with van der Waals surface area (Å²) in [5, 5.41) is 7.59. The van der Waals surface area contributed by atoms with Gasteiger partial charge in [-0.15, -0.1) is 0 Å². The molecule has 2 aromatic heterocycles. The second-order valence-electron chi connectivity index (χ2n) is 3.94. The van der Waals surface area contributed by atoms with Crippen molar-refractivity contribution >= 4 is 5.69 Å². The zero-order valence-electron chi connectivity index (χ0n) is 10.1. The Bertz CT molecular complexity index is 491. The molecule has 1 atom stereocenters. The van der Waals surface area contributed by atoms with Crippen LogP contribution in [-0.4, -0.2) is 21.3 Å². The van der Waals surface area contributed by atoms with E-state index in [1.165, 1.54) is 0 Å². The summed E-state index contributed by atoms with van der Waals surface area (Å²) < 4.78 is 1.78. The number of nitrogen functional groups attached to an aromatic ring is 1. The zero-order chi connectivity index (χ0) is 12.3. The van der Waals surface area contributed by atoms with Crippen molar-refractivity contribution in [3.05, 3.63) is 42.0 Å². The first-order chi connectivity index (χ1) is 8.22. The van der Waals surface area contributed by atoms with Gasteiger partial charge in [0.25, 0.3) is 0 Å². The molecule has 0 spiro atoms. The van der Waals surface area contributed by atoms with E-state index in [1.54, 1.807) is 17.1 Å². The van der Waals surface area contributed by atoms with Gasteiger partial charge in [0.2, 0.25) is 0 Å². The molecule has 0 aromatic carbocycles. The van der Waals surface area contributed by atoms with Crippen LogP contribution in [-0.2, 0) is 7.05 Å². The monoisotopic (exact) mass is 231 g/mol. The highest BCUT2D eigenvalue weighted by atomic mass is 15.2. The van der Waals surface area contributed by atoms with Crippen molar-refractivity contribution in [3.63, 3.8) is 0 Å². The standard InChI is InChI=1S/C12H17N5/c1-3-15-12(9-6-16-17(2)8-9)10-7-14-5-4-11(10)13/h4-8,12,15H,3H2,1-2H3,(H2,13,14). The largest absolute Gasteiger partial charge is 0.398 e. The molecule has 2 rings (SSSR count). The molecule has 2 aromatic rings. The van der Waals surface area contributed by atoms with Crippen LogP contribution in [0.3, 0.4) is 0 Å². The maximum absolute atomic E-state index is 5.99. The maximum atomic E-state index is 5.99. The lowest BCUT2D eigenvalue weighted by molar-refractivity contribution is 0.629. The van der Waals surface area contributed by atoms with E-state index in [9.17, 15) is 0 Å². The Hall–Kier alpha value is -1.88. The summed E-state index contributed by atoms with van der Waals surface area (Å²) >= 11 is 0. The Morgan fingerprint density at radius 3 is 2.88 bits per heavy atom. The molecular weight excluding hydrogens is 214 g/mol. The normalized spacial score (nSPS) is 12.6.